The molecule has 0 fully saturated rings. The zero-order valence-corrected chi connectivity index (χ0v) is 22.0. The number of rotatable bonds is 2. The van der Waals surface area contributed by atoms with Crippen LogP contribution in [0.5, 0.6) is 0 Å². The molecule has 0 saturated heterocycles. The van der Waals surface area contributed by atoms with Crippen LogP contribution in [0.15, 0.2) is 73.8 Å². The van der Waals surface area contributed by atoms with Crippen molar-refractivity contribution in [2.45, 2.75) is 0 Å². The topological polar surface area (TPSA) is 129 Å². The summed E-state index contributed by atoms with van der Waals surface area (Å²) in [5.74, 6) is 6.14. The molecule has 0 spiro atoms. The highest BCUT2D eigenvalue weighted by Gasteiger charge is 1.88. The molecule has 10 heteroatoms. The number of pyridine rings is 2. The van der Waals surface area contributed by atoms with Crippen LogP contribution in [0, 0.1) is 19.7 Å². The van der Waals surface area contributed by atoms with E-state index in [2.05, 4.69) is 61.8 Å². The first-order valence-corrected chi connectivity index (χ1v) is 11.6. The van der Waals surface area contributed by atoms with Gasteiger partial charge in [0.15, 0.2) is 0 Å². The molecule has 168 valence electrons. The standard InChI is InChI=1S/C12H10N2.2C6H4IN3/c1(11-3-7-13-8-4-11)2-12-5-9-14-10-6-12;2*7-2-1-5-3-9-6(8)10-4-5/h1-10H;2*3-4H,(H2,8,9,10)/b2-1+;;. The minimum absolute atomic E-state index is 0.277. The Morgan fingerprint density at radius 1 is 0.588 bits per heavy atom. The maximum absolute atomic E-state index is 5.25. The van der Waals surface area contributed by atoms with E-state index in [1.54, 1.807) is 49.6 Å². The highest BCUT2D eigenvalue weighted by Crippen LogP contribution is 2.05. The Morgan fingerprint density at radius 3 is 1.21 bits per heavy atom. The van der Waals surface area contributed by atoms with Crippen molar-refractivity contribution in [3.05, 3.63) is 96.1 Å². The number of nitrogens with zero attached hydrogens (tertiary/aromatic N) is 6. The maximum atomic E-state index is 5.25. The van der Waals surface area contributed by atoms with Gasteiger partial charge in [-0.1, -0.05) is 24.0 Å². The number of hydrogen-bond acceptors (Lipinski definition) is 8. The maximum Gasteiger partial charge on any atom is 0.219 e. The second kappa shape index (κ2) is 16.1. The first-order chi connectivity index (χ1) is 16.6. The van der Waals surface area contributed by atoms with Gasteiger partial charge in [0.05, 0.1) is 11.1 Å². The van der Waals surface area contributed by atoms with Gasteiger partial charge in [-0.05, 0) is 43.2 Å². The van der Waals surface area contributed by atoms with Gasteiger partial charge in [0.2, 0.25) is 11.9 Å². The molecule has 0 aliphatic carbocycles. The van der Waals surface area contributed by atoms with Crippen molar-refractivity contribution in [1.82, 2.24) is 29.9 Å². The lowest BCUT2D eigenvalue weighted by molar-refractivity contribution is 1.17. The Bertz CT molecular complexity index is 1170. The second-order valence-corrected chi connectivity index (χ2v) is 7.07. The summed E-state index contributed by atoms with van der Waals surface area (Å²) in [6, 6.07) is 7.88. The smallest absolute Gasteiger partial charge is 0.219 e. The Morgan fingerprint density at radius 2 is 0.912 bits per heavy atom. The quantitative estimate of drug-likeness (QED) is 0.239. The molecule has 4 aromatic rings. The SMILES string of the molecule is C(=C\c1ccncc1)/c1ccncc1.Nc1ncc(C#CI)cn1.Nc1ncc(C#CI)cn1. The molecule has 34 heavy (non-hydrogen) atoms. The third-order valence-electron chi connectivity index (χ3n) is 3.61. The van der Waals surface area contributed by atoms with Crippen LogP contribution in [0.25, 0.3) is 12.2 Å². The number of nitrogen functional groups attached to an aromatic ring is 2. The third-order valence-corrected chi connectivity index (χ3v) is 4.15. The van der Waals surface area contributed by atoms with E-state index in [1.807, 2.05) is 69.4 Å². The summed E-state index contributed by atoms with van der Waals surface area (Å²) in [5, 5.41) is 0. The van der Waals surface area contributed by atoms with Crippen LogP contribution in [-0.4, -0.2) is 29.9 Å². The average molecular weight is 672 g/mol. The molecular weight excluding hydrogens is 654 g/mol. The summed E-state index contributed by atoms with van der Waals surface area (Å²) in [4.78, 5) is 22.9. The van der Waals surface area contributed by atoms with Gasteiger partial charge in [-0.15, -0.1) is 0 Å². The molecular formula is C24H18I2N8. The Hall–Kier alpha value is -3.62. The Balaban J connectivity index is 0.000000185. The van der Waals surface area contributed by atoms with Crippen LogP contribution < -0.4 is 11.5 Å². The van der Waals surface area contributed by atoms with Crippen molar-refractivity contribution < 1.29 is 0 Å². The lowest BCUT2D eigenvalue weighted by Crippen LogP contribution is -1.93. The summed E-state index contributed by atoms with van der Waals surface area (Å²) in [6.45, 7) is 0. The summed E-state index contributed by atoms with van der Waals surface area (Å²) in [6.07, 6.45) is 17.6. The van der Waals surface area contributed by atoms with Crippen LogP contribution in [0.2, 0.25) is 0 Å². The first-order valence-electron chi connectivity index (χ1n) is 9.47. The van der Waals surface area contributed by atoms with Gasteiger partial charge in [0, 0.05) is 94.8 Å². The fraction of sp³-hybridized carbons (Fsp3) is 0. The molecule has 4 rings (SSSR count). The molecule has 4 N–H and O–H groups in total. The molecule has 0 unspecified atom stereocenters. The minimum atomic E-state index is 0.277. The summed E-state index contributed by atoms with van der Waals surface area (Å²) in [7, 11) is 0. The summed E-state index contributed by atoms with van der Waals surface area (Å²) in [5.41, 5.74) is 14.4. The van der Waals surface area contributed by atoms with Crippen molar-refractivity contribution in [2.75, 3.05) is 11.5 Å². The van der Waals surface area contributed by atoms with E-state index in [1.165, 1.54) is 0 Å². The van der Waals surface area contributed by atoms with Crippen LogP contribution >= 0.6 is 45.2 Å². The predicted molar refractivity (Wildman–Crippen MR) is 152 cm³/mol. The van der Waals surface area contributed by atoms with Gasteiger partial charge in [-0.2, -0.15) is 0 Å². The number of hydrogen-bond donors (Lipinski definition) is 2. The molecule has 0 aromatic carbocycles. The normalized spacial score (nSPS) is 9.12. The lowest BCUT2D eigenvalue weighted by atomic mass is 10.2. The molecule has 0 saturated carbocycles. The average Bonchev–Trinajstić information content (AvgIpc) is 2.88. The largest absolute Gasteiger partial charge is 0.368 e. The number of aromatic nitrogens is 6. The monoisotopic (exact) mass is 672 g/mol. The van der Waals surface area contributed by atoms with Crippen molar-refractivity contribution >= 4 is 69.2 Å². The van der Waals surface area contributed by atoms with Crippen molar-refractivity contribution in [3.8, 4) is 19.7 Å². The predicted octanol–water partition coefficient (Wildman–Crippen LogP) is 4.25. The van der Waals surface area contributed by atoms with Gasteiger partial charge in [0.1, 0.15) is 0 Å². The summed E-state index contributed by atoms with van der Waals surface area (Å²) < 4.78 is 5.41. The number of nitrogens with two attached hydrogens (primary N) is 2. The van der Waals surface area contributed by atoms with Gasteiger partial charge in [-0.3, -0.25) is 9.97 Å². The zero-order chi connectivity index (χ0) is 24.4. The van der Waals surface area contributed by atoms with Crippen LogP contribution in [0.4, 0.5) is 11.9 Å². The third kappa shape index (κ3) is 11.3. The van der Waals surface area contributed by atoms with E-state index < -0.39 is 0 Å². The highest BCUT2D eigenvalue weighted by molar-refractivity contribution is 14.1. The minimum Gasteiger partial charge on any atom is -0.368 e. The first kappa shape index (κ1) is 26.6. The molecule has 8 nitrogen and oxygen atoms in total. The van der Waals surface area contributed by atoms with E-state index in [4.69, 9.17) is 11.5 Å². The van der Waals surface area contributed by atoms with Crippen molar-refractivity contribution in [2.24, 2.45) is 0 Å². The molecule has 4 aromatic heterocycles. The molecule has 0 aliphatic heterocycles. The number of halogens is 2. The fourth-order valence-electron chi connectivity index (χ4n) is 2.06. The van der Waals surface area contributed by atoms with Crippen molar-refractivity contribution in [3.63, 3.8) is 0 Å². The Labute approximate surface area is 225 Å². The second-order valence-electron chi connectivity index (χ2n) is 5.99. The van der Waals surface area contributed by atoms with Gasteiger partial charge in [0.25, 0.3) is 0 Å². The molecule has 0 bridgehead atoms. The molecule has 0 atom stereocenters. The zero-order valence-electron chi connectivity index (χ0n) is 17.7. The lowest BCUT2D eigenvalue weighted by Gasteiger charge is -1.92. The Kier molecular flexibility index (Phi) is 12.6. The van der Waals surface area contributed by atoms with E-state index in [9.17, 15) is 0 Å². The van der Waals surface area contributed by atoms with Gasteiger partial charge < -0.3 is 11.5 Å². The van der Waals surface area contributed by atoms with E-state index in [-0.39, 0.29) is 11.9 Å². The van der Waals surface area contributed by atoms with E-state index in [0.29, 0.717) is 0 Å². The van der Waals surface area contributed by atoms with Gasteiger partial charge >= 0.3 is 0 Å². The molecule has 0 aliphatic rings. The molecule has 0 amide bonds. The molecule has 4 heterocycles. The molecule has 0 radical (unpaired) electrons. The van der Waals surface area contributed by atoms with E-state index in [0.717, 1.165) is 22.3 Å². The number of anilines is 2. The van der Waals surface area contributed by atoms with E-state index >= 15 is 0 Å². The van der Waals surface area contributed by atoms with Gasteiger partial charge in [-0.25, -0.2) is 19.9 Å². The van der Waals surface area contributed by atoms with Crippen LogP contribution in [0.3, 0.4) is 0 Å². The van der Waals surface area contributed by atoms with Crippen LogP contribution in [0.1, 0.15) is 22.3 Å². The highest BCUT2D eigenvalue weighted by atomic mass is 127. The summed E-state index contributed by atoms with van der Waals surface area (Å²) >= 11 is 3.90. The van der Waals surface area contributed by atoms with Crippen molar-refractivity contribution in [1.29, 1.82) is 0 Å². The van der Waals surface area contributed by atoms with Crippen LogP contribution in [-0.2, 0) is 0 Å². The fourth-order valence-corrected chi connectivity index (χ4v) is 2.68.